The summed E-state index contributed by atoms with van der Waals surface area (Å²) in [6, 6.07) is 25.3. The molecule has 0 radical (unpaired) electrons. The first-order chi connectivity index (χ1) is 13.8. The van der Waals surface area contributed by atoms with Gasteiger partial charge in [-0.15, -0.1) is 11.3 Å². The lowest BCUT2D eigenvalue weighted by molar-refractivity contribution is 0.785. The van der Waals surface area contributed by atoms with Crippen molar-refractivity contribution in [2.24, 2.45) is 0 Å². The summed E-state index contributed by atoms with van der Waals surface area (Å²) >= 11 is 1.89. The van der Waals surface area contributed by atoms with E-state index in [1.807, 2.05) is 11.3 Å². The molecule has 0 spiro atoms. The summed E-state index contributed by atoms with van der Waals surface area (Å²) in [6.45, 7) is 1.14. The van der Waals surface area contributed by atoms with Gasteiger partial charge >= 0.3 is 0 Å². The Morgan fingerprint density at radius 1 is 0.821 bits per heavy atom. The van der Waals surface area contributed by atoms with Gasteiger partial charge in [-0.2, -0.15) is 0 Å². The molecule has 2 heteroatoms. The summed E-state index contributed by atoms with van der Waals surface area (Å²) in [6.07, 6.45) is 8.01. The highest BCUT2D eigenvalue weighted by Gasteiger charge is 2.27. The van der Waals surface area contributed by atoms with Crippen LogP contribution in [-0.4, -0.2) is 12.6 Å². The molecule has 1 aliphatic carbocycles. The monoisotopic (exact) mass is 379 g/mol. The fourth-order valence-corrected chi connectivity index (χ4v) is 5.51. The van der Waals surface area contributed by atoms with E-state index >= 15 is 0 Å². The number of hydrogen-bond acceptors (Lipinski definition) is 2. The zero-order valence-electron chi connectivity index (χ0n) is 15.6. The SMILES string of the molecule is C1=CC(c2cccc(-c3ccc4c(c3)sc3ccccc34)c2)CC([C@@H]2CN2)=C1. The maximum absolute atomic E-state index is 3.44. The van der Waals surface area contributed by atoms with Crippen molar-refractivity contribution in [3.05, 3.63) is 96.1 Å². The van der Waals surface area contributed by atoms with Gasteiger partial charge in [-0.25, -0.2) is 0 Å². The molecule has 136 valence electrons. The Kier molecular flexibility index (Phi) is 3.75. The molecule has 1 saturated heterocycles. The Hall–Kier alpha value is -2.68. The number of rotatable bonds is 3. The summed E-state index contributed by atoms with van der Waals surface area (Å²) in [5.41, 5.74) is 5.58. The predicted molar refractivity (Wildman–Crippen MR) is 121 cm³/mol. The molecule has 0 amide bonds. The van der Waals surface area contributed by atoms with Crippen LogP contribution in [0.15, 0.2) is 90.5 Å². The van der Waals surface area contributed by atoms with Crippen LogP contribution in [0.2, 0.25) is 0 Å². The van der Waals surface area contributed by atoms with Gasteiger partial charge < -0.3 is 5.32 Å². The molecule has 2 heterocycles. The molecule has 4 aromatic rings. The van der Waals surface area contributed by atoms with Crippen LogP contribution in [0.4, 0.5) is 0 Å². The molecule has 2 atom stereocenters. The first-order valence-corrected chi connectivity index (χ1v) is 10.8. The fraction of sp³-hybridized carbons (Fsp3) is 0.154. The molecule has 1 nitrogen and oxygen atoms in total. The summed E-state index contributed by atoms with van der Waals surface area (Å²) in [4.78, 5) is 0. The quantitative estimate of drug-likeness (QED) is 0.395. The van der Waals surface area contributed by atoms with Crippen molar-refractivity contribution in [2.45, 2.75) is 18.4 Å². The highest BCUT2D eigenvalue weighted by Crippen LogP contribution is 2.37. The number of allylic oxidation sites excluding steroid dienone is 3. The van der Waals surface area contributed by atoms with E-state index in [2.05, 4.69) is 90.3 Å². The summed E-state index contributed by atoms with van der Waals surface area (Å²) in [7, 11) is 0. The average molecular weight is 380 g/mol. The van der Waals surface area contributed by atoms with Gasteiger partial charge in [0.1, 0.15) is 0 Å². The van der Waals surface area contributed by atoms with Gasteiger partial charge in [0.25, 0.3) is 0 Å². The van der Waals surface area contributed by atoms with Gasteiger partial charge in [0, 0.05) is 38.7 Å². The van der Waals surface area contributed by atoms with Crippen LogP contribution >= 0.6 is 11.3 Å². The molecule has 0 bridgehead atoms. The van der Waals surface area contributed by atoms with E-state index in [4.69, 9.17) is 0 Å². The average Bonchev–Trinajstić information content (AvgIpc) is 3.54. The molecule has 1 N–H and O–H groups in total. The second kappa shape index (κ2) is 6.44. The molecule has 28 heavy (non-hydrogen) atoms. The van der Waals surface area contributed by atoms with Gasteiger partial charge in [0.05, 0.1) is 0 Å². The van der Waals surface area contributed by atoms with Crippen molar-refractivity contribution in [3.8, 4) is 11.1 Å². The van der Waals surface area contributed by atoms with Crippen molar-refractivity contribution in [1.29, 1.82) is 0 Å². The van der Waals surface area contributed by atoms with Crippen LogP contribution in [0.3, 0.4) is 0 Å². The third-order valence-corrected chi connectivity index (χ3v) is 7.13. The van der Waals surface area contributed by atoms with Crippen LogP contribution < -0.4 is 5.32 Å². The molecule has 3 aromatic carbocycles. The summed E-state index contributed by atoms with van der Waals surface area (Å²) in [5, 5.41) is 6.17. The lowest BCUT2D eigenvalue weighted by Crippen LogP contribution is -2.06. The molecule has 1 unspecified atom stereocenters. The van der Waals surface area contributed by atoms with E-state index in [1.165, 1.54) is 36.9 Å². The molecule has 1 aliphatic heterocycles. The topological polar surface area (TPSA) is 21.9 Å². The standard InChI is InChI=1S/C26H21NS/c1-2-10-25-22(9-1)23-12-11-20(15-26(23)28-25)18-6-3-5-17(13-18)19-7-4-8-21(14-19)24-16-27-24/h1-13,15,19,24,27H,14,16H2/t19?,24-/m0/s1. The first-order valence-electron chi connectivity index (χ1n) is 9.97. The minimum Gasteiger partial charge on any atom is -0.307 e. The zero-order valence-corrected chi connectivity index (χ0v) is 16.4. The summed E-state index contributed by atoms with van der Waals surface area (Å²) in [5.74, 6) is 0.482. The third kappa shape index (κ3) is 2.81. The van der Waals surface area contributed by atoms with Crippen molar-refractivity contribution in [2.75, 3.05) is 6.54 Å². The fourth-order valence-electron chi connectivity index (χ4n) is 4.37. The number of benzene rings is 3. The maximum Gasteiger partial charge on any atom is 0.0410 e. The minimum absolute atomic E-state index is 0.482. The van der Waals surface area contributed by atoms with Gasteiger partial charge in [-0.3, -0.25) is 0 Å². The minimum atomic E-state index is 0.482. The lowest BCUT2D eigenvalue weighted by atomic mass is 9.86. The first kappa shape index (κ1) is 16.3. The van der Waals surface area contributed by atoms with Gasteiger partial charge in [-0.1, -0.05) is 78.4 Å². The van der Waals surface area contributed by atoms with Crippen LogP contribution in [0, 0.1) is 0 Å². The van der Waals surface area contributed by atoms with E-state index < -0.39 is 0 Å². The normalized spacial score (nSPS) is 21.2. The Labute approximate surface area is 169 Å². The molecule has 1 aromatic heterocycles. The van der Waals surface area contributed by atoms with Gasteiger partial charge in [0.15, 0.2) is 0 Å². The Morgan fingerprint density at radius 3 is 2.61 bits per heavy atom. The molecule has 2 aliphatic rings. The van der Waals surface area contributed by atoms with Crippen LogP contribution in [0.25, 0.3) is 31.3 Å². The molecule has 6 rings (SSSR count). The largest absolute Gasteiger partial charge is 0.307 e. The van der Waals surface area contributed by atoms with Crippen molar-refractivity contribution < 1.29 is 0 Å². The van der Waals surface area contributed by atoms with E-state index in [9.17, 15) is 0 Å². The van der Waals surface area contributed by atoms with Crippen LogP contribution in [-0.2, 0) is 0 Å². The van der Waals surface area contributed by atoms with Gasteiger partial charge in [0.2, 0.25) is 0 Å². The number of hydrogen-bond donors (Lipinski definition) is 1. The zero-order chi connectivity index (χ0) is 18.5. The van der Waals surface area contributed by atoms with Gasteiger partial charge in [-0.05, 0) is 35.2 Å². The number of fused-ring (bicyclic) bond motifs is 3. The predicted octanol–water partition coefficient (Wildman–Crippen LogP) is 6.66. The molecular formula is C26H21NS. The highest BCUT2D eigenvalue weighted by molar-refractivity contribution is 7.25. The Morgan fingerprint density at radius 2 is 1.68 bits per heavy atom. The molecule has 1 fully saturated rings. The van der Waals surface area contributed by atoms with Crippen LogP contribution in [0.1, 0.15) is 17.9 Å². The second-order valence-corrected chi connectivity index (χ2v) is 8.92. The second-order valence-electron chi connectivity index (χ2n) is 7.83. The summed E-state index contributed by atoms with van der Waals surface area (Å²) < 4.78 is 2.73. The van der Waals surface area contributed by atoms with E-state index in [0.717, 1.165) is 13.0 Å². The van der Waals surface area contributed by atoms with Crippen LogP contribution in [0.5, 0.6) is 0 Å². The third-order valence-electron chi connectivity index (χ3n) is 5.99. The van der Waals surface area contributed by atoms with Crippen molar-refractivity contribution >= 4 is 31.5 Å². The molecule has 0 saturated carbocycles. The molecular weight excluding hydrogens is 358 g/mol. The highest BCUT2D eigenvalue weighted by atomic mass is 32.1. The number of thiophene rings is 1. The lowest BCUT2D eigenvalue weighted by Gasteiger charge is -2.19. The van der Waals surface area contributed by atoms with E-state index in [1.54, 1.807) is 5.57 Å². The van der Waals surface area contributed by atoms with E-state index in [-0.39, 0.29) is 0 Å². The van der Waals surface area contributed by atoms with Crippen molar-refractivity contribution in [1.82, 2.24) is 5.32 Å². The Bertz CT molecular complexity index is 1260. The Balaban J connectivity index is 1.37. The smallest absolute Gasteiger partial charge is 0.0410 e. The number of nitrogens with one attached hydrogen (secondary N) is 1. The van der Waals surface area contributed by atoms with Crippen molar-refractivity contribution in [3.63, 3.8) is 0 Å². The van der Waals surface area contributed by atoms with E-state index in [0.29, 0.717) is 12.0 Å². The maximum atomic E-state index is 3.44.